The number of piperidine rings is 2. The summed E-state index contributed by atoms with van der Waals surface area (Å²) in [5, 5.41) is 2.37. The number of anilines is 1. The number of benzene rings is 2. The summed E-state index contributed by atoms with van der Waals surface area (Å²) in [5.74, 6) is 0.703. The molecule has 10 nitrogen and oxygen atoms in total. The van der Waals surface area contributed by atoms with Gasteiger partial charge in [-0.2, -0.15) is 0 Å². The molecule has 46 heavy (non-hydrogen) atoms. The fourth-order valence-electron chi connectivity index (χ4n) is 7.93. The highest BCUT2D eigenvalue weighted by Crippen LogP contribution is 2.31. The van der Waals surface area contributed by atoms with E-state index in [-0.39, 0.29) is 24.1 Å². The molecule has 2 aromatic rings. The first-order valence-electron chi connectivity index (χ1n) is 17.3. The number of hydrogen-bond donors (Lipinski definition) is 1. The predicted molar refractivity (Wildman–Crippen MR) is 175 cm³/mol. The van der Waals surface area contributed by atoms with Crippen molar-refractivity contribution in [3.63, 3.8) is 0 Å². The van der Waals surface area contributed by atoms with Crippen LogP contribution in [0.15, 0.2) is 42.5 Å². The highest BCUT2D eigenvalue weighted by Gasteiger charge is 2.39. The van der Waals surface area contributed by atoms with E-state index in [0.29, 0.717) is 31.2 Å². The Bertz CT molecular complexity index is 1420. The van der Waals surface area contributed by atoms with Crippen LogP contribution in [0.5, 0.6) is 5.75 Å². The van der Waals surface area contributed by atoms with Gasteiger partial charge >= 0.3 is 0 Å². The largest absolute Gasteiger partial charge is 0.492 e. The summed E-state index contributed by atoms with van der Waals surface area (Å²) in [6.45, 7) is 10.3. The Balaban J connectivity index is 0.952. The van der Waals surface area contributed by atoms with Gasteiger partial charge in [-0.1, -0.05) is 24.6 Å². The number of rotatable bonds is 9. The summed E-state index contributed by atoms with van der Waals surface area (Å²) in [4.78, 5) is 46.5. The Morgan fingerprint density at radius 1 is 0.891 bits per heavy atom. The van der Waals surface area contributed by atoms with Crippen molar-refractivity contribution < 1.29 is 23.9 Å². The smallest absolute Gasteiger partial charge is 0.255 e. The number of imide groups is 1. The van der Waals surface area contributed by atoms with Gasteiger partial charge in [0.15, 0.2) is 0 Å². The van der Waals surface area contributed by atoms with Gasteiger partial charge < -0.3 is 19.3 Å². The van der Waals surface area contributed by atoms with Gasteiger partial charge in [0, 0.05) is 82.7 Å². The van der Waals surface area contributed by atoms with Crippen LogP contribution in [0.2, 0.25) is 0 Å². The summed E-state index contributed by atoms with van der Waals surface area (Å²) >= 11 is 0. The topological polar surface area (TPSA) is 94.7 Å². The van der Waals surface area contributed by atoms with Crippen LogP contribution in [0.25, 0.3) is 0 Å². The second-order valence-corrected chi connectivity index (χ2v) is 13.6. The minimum absolute atomic E-state index is 0.158. The highest BCUT2D eigenvalue weighted by molar-refractivity contribution is 6.05. The standard InChI is InChI=1S/C36H47N5O5/c42-34-11-10-33(35(43)37-34)41-24-28-21-30(8-9-31(28)36(41)44)46-25-29-6-3-4-14-40(29)23-27-5-1-2-7-32(27)39-17-15-38(16-18-39)22-26-12-19-45-20-13-26/h1-2,5,7-9,21,26,29,33H,3-4,6,10-20,22-25H2,(H,37,42,43)/t29-,33?/m1/s1. The second kappa shape index (κ2) is 14.1. The zero-order chi connectivity index (χ0) is 31.5. The van der Waals surface area contributed by atoms with E-state index in [2.05, 4.69) is 44.3 Å². The van der Waals surface area contributed by atoms with Crippen LogP contribution in [0.1, 0.15) is 66.4 Å². The van der Waals surface area contributed by atoms with Gasteiger partial charge in [-0.15, -0.1) is 0 Å². The molecular formula is C36H47N5O5. The zero-order valence-corrected chi connectivity index (χ0v) is 26.8. The molecule has 0 radical (unpaired) electrons. The van der Waals surface area contributed by atoms with E-state index >= 15 is 0 Å². The van der Waals surface area contributed by atoms with Crippen molar-refractivity contribution in [2.75, 3.05) is 64.0 Å². The number of nitrogens with one attached hydrogen (secondary N) is 1. The molecule has 3 amide bonds. The average molecular weight is 630 g/mol. The predicted octanol–water partition coefficient (Wildman–Crippen LogP) is 3.43. The third-order valence-corrected chi connectivity index (χ3v) is 10.6. The SMILES string of the molecule is O=C1CCC(N2Cc3cc(OC[C@H]4CCCCN4Cc4ccccc4N4CCN(CC5CCOCC5)CC4)ccc3C2=O)C(=O)N1. The molecule has 7 rings (SSSR count). The molecule has 1 N–H and O–H groups in total. The number of nitrogens with zero attached hydrogens (tertiary/aromatic N) is 4. The number of hydrogen-bond acceptors (Lipinski definition) is 8. The Morgan fingerprint density at radius 2 is 1.72 bits per heavy atom. The van der Waals surface area contributed by atoms with Crippen LogP contribution < -0.4 is 15.0 Å². The van der Waals surface area contributed by atoms with Crippen LogP contribution in [0, 0.1) is 5.92 Å². The van der Waals surface area contributed by atoms with Crippen LogP contribution in [-0.4, -0.2) is 104 Å². The quantitative estimate of drug-likeness (QED) is 0.422. The van der Waals surface area contributed by atoms with Crippen molar-refractivity contribution in [1.29, 1.82) is 0 Å². The van der Waals surface area contributed by atoms with Gasteiger partial charge in [0.05, 0.1) is 0 Å². The highest BCUT2D eigenvalue weighted by atomic mass is 16.5. The van der Waals surface area contributed by atoms with E-state index in [1.807, 2.05) is 18.2 Å². The maximum absolute atomic E-state index is 13.1. The van der Waals surface area contributed by atoms with E-state index < -0.39 is 6.04 Å². The van der Waals surface area contributed by atoms with Gasteiger partial charge in [-0.3, -0.25) is 29.5 Å². The van der Waals surface area contributed by atoms with Crippen molar-refractivity contribution in [2.45, 2.75) is 70.1 Å². The normalized spacial score (nSPS) is 25.1. The first-order chi connectivity index (χ1) is 22.5. The van der Waals surface area contributed by atoms with Crippen molar-refractivity contribution in [2.24, 2.45) is 5.92 Å². The first-order valence-corrected chi connectivity index (χ1v) is 17.3. The Labute approximate surface area is 272 Å². The molecule has 5 aliphatic rings. The number of piperazine rings is 1. The molecule has 246 valence electrons. The number of para-hydroxylation sites is 1. The first kappa shape index (κ1) is 31.1. The molecule has 2 aromatic carbocycles. The zero-order valence-electron chi connectivity index (χ0n) is 26.8. The molecule has 0 spiro atoms. The number of carbonyl (C=O) groups is 3. The minimum atomic E-state index is -0.610. The second-order valence-electron chi connectivity index (χ2n) is 13.6. The van der Waals surface area contributed by atoms with E-state index in [1.54, 1.807) is 4.90 Å². The van der Waals surface area contributed by atoms with E-state index in [9.17, 15) is 14.4 Å². The van der Waals surface area contributed by atoms with E-state index in [4.69, 9.17) is 9.47 Å². The summed E-state index contributed by atoms with van der Waals surface area (Å²) < 4.78 is 12.0. The summed E-state index contributed by atoms with van der Waals surface area (Å²) in [6.07, 6.45) is 6.49. The number of carbonyl (C=O) groups excluding carboxylic acids is 3. The summed E-state index contributed by atoms with van der Waals surface area (Å²) in [6, 6.07) is 14.3. The van der Waals surface area contributed by atoms with E-state index in [0.717, 1.165) is 76.1 Å². The Kier molecular flexibility index (Phi) is 9.55. The van der Waals surface area contributed by atoms with Crippen LogP contribution in [0.4, 0.5) is 5.69 Å². The molecule has 0 saturated carbocycles. The lowest BCUT2D eigenvalue weighted by Crippen LogP contribution is -2.52. The van der Waals surface area contributed by atoms with Crippen molar-refractivity contribution >= 4 is 23.4 Å². The van der Waals surface area contributed by atoms with Crippen molar-refractivity contribution in [3.8, 4) is 5.75 Å². The van der Waals surface area contributed by atoms with Crippen molar-refractivity contribution in [3.05, 3.63) is 59.2 Å². The molecule has 4 fully saturated rings. The molecule has 0 aliphatic carbocycles. The number of fused-ring (bicyclic) bond motifs is 1. The molecule has 5 heterocycles. The lowest BCUT2D eigenvalue weighted by molar-refractivity contribution is -0.136. The van der Waals surface area contributed by atoms with Crippen molar-refractivity contribution in [1.82, 2.24) is 20.0 Å². The molecule has 0 aromatic heterocycles. The minimum Gasteiger partial charge on any atom is -0.492 e. The maximum atomic E-state index is 13.1. The molecule has 5 aliphatic heterocycles. The molecule has 1 unspecified atom stereocenters. The monoisotopic (exact) mass is 629 g/mol. The summed E-state index contributed by atoms with van der Waals surface area (Å²) in [7, 11) is 0. The van der Waals surface area contributed by atoms with Gasteiger partial charge in [0.25, 0.3) is 5.91 Å². The maximum Gasteiger partial charge on any atom is 0.255 e. The molecule has 10 heteroatoms. The lowest BCUT2D eigenvalue weighted by Gasteiger charge is -2.40. The van der Waals surface area contributed by atoms with Crippen LogP contribution >= 0.6 is 0 Å². The Morgan fingerprint density at radius 3 is 2.54 bits per heavy atom. The lowest BCUT2D eigenvalue weighted by atomic mass is 9.99. The average Bonchev–Trinajstić information content (AvgIpc) is 3.40. The molecule has 4 saturated heterocycles. The summed E-state index contributed by atoms with van der Waals surface area (Å²) in [5.41, 5.74) is 4.23. The fourth-order valence-corrected chi connectivity index (χ4v) is 7.93. The molecule has 2 atom stereocenters. The van der Waals surface area contributed by atoms with Gasteiger partial charge in [0.1, 0.15) is 18.4 Å². The fraction of sp³-hybridized carbons (Fsp3) is 0.583. The van der Waals surface area contributed by atoms with Gasteiger partial charge in [-0.05, 0) is 80.0 Å². The van der Waals surface area contributed by atoms with E-state index in [1.165, 1.54) is 43.5 Å². The van der Waals surface area contributed by atoms with Crippen LogP contribution in [0.3, 0.4) is 0 Å². The third-order valence-electron chi connectivity index (χ3n) is 10.6. The van der Waals surface area contributed by atoms with Crippen LogP contribution in [-0.2, 0) is 27.4 Å². The third kappa shape index (κ3) is 6.94. The molecule has 0 bridgehead atoms. The number of likely N-dealkylation sites (tertiary alicyclic amines) is 1. The number of amides is 3. The van der Waals surface area contributed by atoms with Gasteiger partial charge in [0.2, 0.25) is 11.8 Å². The Hall–Kier alpha value is -3.47. The number of ether oxygens (including phenoxy) is 2. The van der Waals surface area contributed by atoms with Gasteiger partial charge in [-0.25, -0.2) is 0 Å². The molecular weight excluding hydrogens is 582 g/mol.